The zero-order valence-electron chi connectivity index (χ0n) is 16.8. The van der Waals surface area contributed by atoms with E-state index < -0.39 is 5.60 Å². The van der Waals surface area contributed by atoms with Crippen LogP contribution < -0.4 is 10.6 Å². The molecule has 2 fully saturated rings. The molecule has 6 heteroatoms. The number of halogens is 1. The van der Waals surface area contributed by atoms with Crippen LogP contribution in [0.1, 0.15) is 44.9 Å². The summed E-state index contributed by atoms with van der Waals surface area (Å²) in [6, 6.07) is 9.88. The van der Waals surface area contributed by atoms with Crippen molar-refractivity contribution in [2.75, 3.05) is 30.4 Å². The van der Waals surface area contributed by atoms with E-state index in [1.54, 1.807) is 6.07 Å². The lowest BCUT2D eigenvalue weighted by molar-refractivity contribution is -0.0543. The minimum absolute atomic E-state index is 0.334. The Morgan fingerprint density at radius 1 is 1.14 bits per heavy atom. The second kappa shape index (κ2) is 9.09. The van der Waals surface area contributed by atoms with Gasteiger partial charge in [-0.2, -0.15) is 0 Å². The van der Waals surface area contributed by atoms with Crippen LogP contribution in [0.5, 0.6) is 0 Å². The van der Waals surface area contributed by atoms with Gasteiger partial charge in [0.05, 0.1) is 11.8 Å². The Morgan fingerprint density at radius 3 is 2.72 bits per heavy atom. The van der Waals surface area contributed by atoms with E-state index >= 15 is 0 Å². The zero-order valence-corrected chi connectivity index (χ0v) is 16.8. The molecule has 1 saturated heterocycles. The topological polar surface area (TPSA) is 66.4 Å². The van der Waals surface area contributed by atoms with Gasteiger partial charge in [-0.15, -0.1) is 0 Å². The smallest absolute Gasteiger partial charge is 0.149 e. The van der Waals surface area contributed by atoms with E-state index in [9.17, 15) is 9.50 Å². The monoisotopic (exact) mass is 399 g/mol. The van der Waals surface area contributed by atoms with Crippen molar-refractivity contribution in [1.29, 1.82) is 0 Å². The molecule has 0 amide bonds. The molecule has 1 aliphatic heterocycles. The number of benzene rings is 1. The molecule has 29 heavy (non-hydrogen) atoms. The molecule has 156 valence electrons. The van der Waals surface area contributed by atoms with Crippen LogP contribution in [0.15, 0.2) is 36.5 Å². The van der Waals surface area contributed by atoms with Crippen molar-refractivity contribution in [1.82, 2.24) is 4.98 Å². The molecule has 2 aliphatic rings. The Labute approximate surface area is 171 Å². The largest absolute Gasteiger partial charge is 0.388 e. The second-order valence-electron chi connectivity index (χ2n) is 8.30. The molecular weight excluding hydrogens is 369 g/mol. The quantitative estimate of drug-likeness (QED) is 0.663. The Bertz CT molecular complexity index is 818. The SMILES string of the molecule is OC1(CNc2cccc(-c3cc(NC4CCCCC4)ncc3F)c2)CCOCC1. The fourth-order valence-corrected chi connectivity index (χ4v) is 4.19. The fraction of sp³-hybridized carbons (Fsp3) is 0.522. The number of pyridine rings is 1. The molecule has 5 nitrogen and oxygen atoms in total. The highest BCUT2D eigenvalue weighted by Crippen LogP contribution is 2.29. The number of aliphatic hydroxyl groups is 1. The molecule has 0 radical (unpaired) electrons. The number of nitrogens with one attached hydrogen (secondary N) is 2. The van der Waals surface area contributed by atoms with Crippen LogP contribution in [0, 0.1) is 5.82 Å². The molecule has 1 saturated carbocycles. The maximum atomic E-state index is 14.5. The summed E-state index contributed by atoms with van der Waals surface area (Å²) in [6.07, 6.45) is 8.58. The van der Waals surface area contributed by atoms with Gasteiger partial charge in [-0.1, -0.05) is 31.4 Å². The van der Waals surface area contributed by atoms with Gasteiger partial charge in [0.2, 0.25) is 0 Å². The molecule has 1 aliphatic carbocycles. The standard InChI is InChI=1S/C23H30FN3O2/c24-21-15-25-22(27-18-6-2-1-3-7-18)14-20(21)17-5-4-8-19(13-17)26-16-23(28)9-11-29-12-10-23/h4-5,8,13-15,18,26,28H,1-3,6-7,9-12,16H2,(H,25,27). The number of aromatic nitrogens is 1. The summed E-state index contributed by atoms with van der Waals surface area (Å²) >= 11 is 0. The Balaban J connectivity index is 1.47. The number of ether oxygens (including phenoxy) is 1. The third-order valence-corrected chi connectivity index (χ3v) is 6.03. The zero-order chi connectivity index (χ0) is 20.1. The highest BCUT2D eigenvalue weighted by Gasteiger charge is 2.29. The molecule has 3 N–H and O–H groups in total. The average Bonchev–Trinajstić information content (AvgIpc) is 2.75. The lowest BCUT2D eigenvalue weighted by Crippen LogP contribution is -2.42. The molecule has 2 heterocycles. The van der Waals surface area contributed by atoms with E-state index in [1.165, 1.54) is 25.5 Å². The first kappa shape index (κ1) is 20.1. The van der Waals surface area contributed by atoms with Gasteiger partial charge in [-0.25, -0.2) is 9.37 Å². The van der Waals surface area contributed by atoms with Crippen LogP contribution >= 0.6 is 0 Å². The number of rotatable bonds is 6. The van der Waals surface area contributed by atoms with Gasteiger partial charge in [0.15, 0.2) is 0 Å². The van der Waals surface area contributed by atoms with Gasteiger partial charge in [0, 0.05) is 49.9 Å². The first-order valence-corrected chi connectivity index (χ1v) is 10.7. The number of anilines is 2. The van der Waals surface area contributed by atoms with Crippen molar-refractivity contribution < 1.29 is 14.2 Å². The lowest BCUT2D eigenvalue weighted by atomic mass is 9.94. The van der Waals surface area contributed by atoms with Gasteiger partial charge in [-0.3, -0.25) is 0 Å². The molecular formula is C23H30FN3O2. The van der Waals surface area contributed by atoms with Crippen molar-refractivity contribution >= 4 is 11.5 Å². The minimum atomic E-state index is -0.757. The molecule has 0 bridgehead atoms. The van der Waals surface area contributed by atoms with E-state index in [-0.39, 0.29) is 5.82 Å². The Morgan fingerprint density at radius 2 is 1.93 bits per heavy atom. The van der Waals surface area contributed by atoms with Crippen LogP contribution in [0.4, 0.5) is 15.9 Å². The fourth-order valence-electron chi connectivity index (χ4n) is 4.19. The third kappa shape index (κ3) is 5.25. The predicted octanol–water partition coefficient (Wildman–Crippen LogP) is 4.59. The summed E-state index contributed by atoms with van der Waals surface area (Å²) in [5.41, 5.74) is 1.43. The van der Waals surface area contributed by atoms with Crippen molar-refractivity contribution in [3.05, 3.63) is 42.3 Å². The van der Waals surface area contributed by atoms with Crippen molar-refractivity contribution in [2.45, 2.75) is 56.6 Å². The van der Waals surface area contributed by atoms with Crippen LogP contribution in [-0.4, -0.2) is 41.5 Å². The van der Waals surface area contributed by atoms with E-state index in [0.717, 1.165) is 29.9 Å². The molecule has 2 aromatic rings. The van der Waals surface area contributed by atoms with Crippen LogP contribution in [0.2, 0.25) is 0 Å². The molecule has 0 spiro atoms. The van der Waals surface area contributed by atoms with Crippen LogP contribution in [-0.2, 0) is 4.74 Å². The van der Waals surface area contributed by atoms with Gasteiger partial charge >= 0.3 is 0 Å². The molecule has 4 rings (SSSR count). The van der Waals surface area contributed by atoms with Crippen molar-refractivity contribution in [3.63, 3.8) is 0 Å². The first-order chi connectivity index (χ1) is 14.1. The van der Waals surface area contributed by atoms with Crippen molar-refractivity contribution in [2.24, 2.45) is 0 Å². The van der Waals surface area contributed by atoms with E-state index in [1.807, 2.05) is 24.3 Å². The minimum Gasteiger partial charge on any atom is -0.388 e. The first-order valence-electron chi connectivity index (χ1n) is 10.7. The summed E-state index contributed by atoms with van der Waals surface area (Å²) in [6.45, 7) is 1.61. The predicted molar refractivity (Wildman–Crippen MR) is 114 cm³/mol. The molecule has 1 aromatic carbocycles. The Hall–Kier alpha value is -2.18. The van der Waals surface area contributed by atoms with Gasteiger partial charge in [0.1, 0.15) is 11.6 Å². The highest BCUT2D eigenvalue weighted by atomic mass is 19.1. The maximum absolute atomic E-state index is 14.5. The summed E-state index contributed by atoms with van der Waals surface area (Å²) < 4.78 is 19.9. The lowest BCUT2D eigenvalue weighted by Gasteiger charge is -2.32. The van der Waals surface area contributed by atoms with Gasteiger partial charge < -0.3 is 20.5 Å². The average molecular weight is 400 g/mol. The molecule has 0 atom stereocenters. The van der Waals surface area contributed by atoms with E-state index in [4.69, 9.17) is 4.74 Å². The molecule has 0 unspecified atom stereocenters. The van der Waals surface area contributed by atoms with Gasteiger partial charge in [0.25, 0.3) is 0 Å². The third-order valence-electron chi connectivity index (χ3n) is 6.03. The number of hydrogen-bond acceptors (Lipinski definition) is 5. The summed E-state index contributed by atoms with van der Waals surface area (Å²) in [5.74, 6) is 0.391. The summed E-state index contributed by atoms with van der Waals surface area (Å²) in [7, 11) is 0. The van der Waals surface area contributed by atoms with Crippen LogP contribution in [0.25, 0.3) is 11.1 Å². The van der Waals surface area contributed by atoms with Crippen LogP contribution in [0.3, 0.4) is 0 Å². The molecule has 1 aromatic heterocycles. The second-order valence-corrected chi connectivity index (χ2v) is 8.30. The van der Waals surface area contributed by atoms with E-state index in [2.05, 4.69) is 15.6 Å². The van der Waals surface area contributed by atoms with Crippen molar-refractivity contribution in [3.8, 4) is 11.1 Å². The number of hydrogen-bond donors (Lipinski definition) is 3. The normalized spacial score (nSPS) is 19.7. The van der Waals surface area contributed by atoms with E-state index in [0.29, 0.717) is 44.2 Å². The summed E-state index contributed by atoms with van der Waals surface area (Å²) in [5, 5.41) is 17.4. The number of nitrogens with zero attached hydrogens (tertiary/aromatic N) is 1. The maximum Gasteiger partial charge on any atom is 0.149 e. The highest BCUT2D eigenvalue weighted by molar-refractivity contribution is 5.70. The summed E-state index contributed by atoms with van der Waals surface area (Å²) in [4.78, 5) is 4.24. The Kier molecular flexibility index (Phi) is 6.31. The van der Waals surface area contributed by atoms with Gasteiger partial charge in [-0.05, 0) is 36.6 Å².